The number of anilines is 1. The second-order valence-corrected chi connectivity index (χ2v) is 7.33. The Bertz CT molecular complexity index is 724. The molecule has 0 radical (unpaired) electrons. The molecule has 0 aliphatic heterocycles. The molecule has 0 aliphatic rings. The van der Waals surface area contributed by atoms with Crippen LogP contribution >= 0.6 is 7.60 Å². The number of aliphatic hydroxyl groups excluding tert-OH is 1. The van der Waals surface area contributed by atoms with Crippen molar-refractivity contribution in [1.82, 2.24) is 19.5 Å². The summed E-state index contributed by atoms with van der Waals surface area (Å²) in [6, 6.07) is 0. The summed E-state index contributed by atoms with van der Waals surface area (Å²) >= 11 is 0. The molecule has 2 rings (SSSR count). The third kappa shape index (κ3) is 3.37. The molecule has 0 aliphatic carbocycles. The van der Waals surface area contributed by atoms with Crippen molar-refractivity contribution in [3.05, 3.63) is 12.7 Å². The van der Waals surface area contributed by atoms with Crippen LogP contribution in [0.15, 0.2) is 12.7 Å². The number of fused-ring (bicyclic) bond motifs is 1. The first kappa shape index (κ1) is 17.8. The molecule has 1 atom stereocenters. The average Bonchev–Trinajstić information content (AvgIpc) is 2.92. The predicted molar refractivity (Wildman–Crippen MR) is 85.8 cm³/mol. The van der Waals surface area contributed by atoms with Crippen molar-refractivity contribution < 1.29 is 19.5 Å². The zero-order valence-corrected chi connectivity index (χ0v) is 14.0. The Kier molecular flexibility index (Phi) is 5.05. The SMILES string of the molecule is CCC(CC)([C@H](O)CCP(=O)(O)O)n1cnc2c(N)ncnc21. The highest BCUT2D eigenvalue weighted by Crippen LogP contribution is 2.39. The minimum Gasteiger partial charge on any atom is -0.391 e. The molecule has 0 saturated carbocycles. The molecule has 0 aromatic carbocycles. The zero-order chi connectivity index (χ0) is 17.3. The van der Waals surface area contributed by atoms with E-state index in [1.165, 1.54) is 6.33 Å². The Morgan fingerprint density at radius 3 is 2.52 bits per heavy atom. The van der Waals surface area contributed by atoms with Gasteiger partial charge in [0.2, 0.25) is 0 Å². The van der Waals surface area contributed by atoms with E-state index in [-0.39, 0.29) is 18.4 Å². The first-order valence-electron chi connectivity index (χ1n) is 7.41. The summed E-state index contributed by atoms with van der Waals surface area (Å²) < 4.78 is 12.9. The first-order chi connectivity index (χ1) is 10.7. The van der Waals surface area contributed by atoms with E-state index in [2.05, 4.69) is 15.0 Å². The summed E-state index contributed by atoms with van der Waals surface area (Å²) in [7, 11) is -4.17. The van der Waals surface area contributed by atoms with Gasteiger partial charge in [0.05, 0.1) is 24.1 Å². The highest BCUT2D eigenvalue weighted by molar-refractivity contribution is 7.51. The number of nitrogens with two attached hydrogens (primary N) is 1. The maximum absolute atomic E-state index is 11.1. The van der Waals surface area contributed by atoms with Crippen molar-refractivity contribution in [3.63, 3.8) is 0 Å². The van der Waals surface area contributed by atoms with Gasteiger partial charge in [0.25, 0.3) is 0 Å². The molecule has 0 unspecified atom stereocenters. The number of imidazole rings is 1. The minimum absolute atomic E-state index is 0.0216. The van der Waals surface area contributed by atoms with Crippen molar-refractivity contribution in [3.8, 4) is 0 Å². The molecule has 2 heterocycles. The van der Waals surface area contributed by atoms with Crippen LogP contribution in [0.1, 0.15) is 33.1 Å². The largest absolute Gasteiger partial charge is 0.391 e. The molecular weight excluding hydrogens is 321 g/mol. The lowest BCUT2D eigenvalue weighted by atomic mass is 9.84. The lowest BCUT2D eigenvalue weighted by Crippen LogP contribution is -2.44. The molecule has 9 nitrogen and oxygen atoms in total. The van der Waals surface area contributed by atoms with Crippen LogP contribution in [0.4, 0.5) is 5.82 Å². The van der Waals surface area contributed by atoms with Crippen molar-refractivity contribution in [2.24, 2.45) is 0 Å². The molecule has 2 aromatic heterocycles. The Balaban J connectivity index is 2.46. The van der Waals surface area contributed by atoms with Crippen LogP contribution in [-0.2, 0) is 10.1 Å². The molecule has 0 bridgehead atoms. The quantitative estimate of drug-likeness (QED) is 0.541. The second-order valence-electron chi connectivity index (χ2n) is 5.55. The number of rotatable bonds is 7. The molecular formula is C13H22N5O4P. The van der Waals surface area contributed by atoms with Gasteiger partial charge in [-0.1, -0.05) is 13.8 Å². The zero-order valence-electron chi connectivity index (χ0n) is 13.1. The molecule has 2 aromatic rings. The van der Waals surface area contributed by atoms with Gasteiger partial charge < -0.3 is 25.2 Å². The number of hydrogen-bond donors (Lipinski definition) is 4. The van der Waals surface area contributed by atoms with Crippen molar-refractivity contribution in [1.29, 1.82) is 0 Å². The Morgan fingerprint density at radius 1 is 1.30 bits per heavy atom. The second kappa shape index (κ2) is 6.52. The highest BCUT2D eigenvalue weighted by Gasteiger charge is 2.38. The fraction of sp³-hybridized carbons (Fsp3) is 0.615. The Hall–Kier alpha value is -1.54. The van der Waals surface area contributed by atoms with Crippen molar-refractivity contribution >= 4 is 24.6 Å². The molecule has 0 spiro atoms. The van der Waals surface area contributed by atoms with Crippen LogP contribution in [0.2, 0.25) is 0 Å². The van der Waals surface area contributed by atoms with Crippen LogP contribution < -0.4 is 5.73 Å². The summed E-state index contributed by atoms with van der Waals surface area (Å²) in [6.45, 7) is 3.81. The van der Waals surface area contributed by atoms with Gasteiger partial charge in [0.15, 0.2) is 11.5 Å². The summed E-state index contributed by atoms with van der Waals surface area (Å²) in [5.74, 6) is 0.250. The van der Waals surface area contributed by atoms with Gasteiger partial charge in [0.1, 0.15) is 11.8 Å². The number of aliphatic hydroxyl groups is 1. The minimum atomic E-state index is -4.17. The van der Waals surface area contributed by atoms with Crippen LogP contribution in [0, 0.1) is 0 Å². The monoisotopic (exact) mass is 343 g/mol. The lowest BCUT2D eigenvalue weighted by Gasteiger charge is -2.38. The van der Waals surface area contributed by atoms with Gasteiger partial charge >= 0.3 is 7.60 Å². The predicted octanol–water partition coefficient (Wildman–Crippen LogP) is 0.853. The lowest BCUT2D eigenvalue weighted by molar-refractivity contribution is 0.0255. The topological polar surface area (TPSA) is 147 Å². The van der Waals surface area contributed by atoms with Crippen LogP contribution in [0.3, 0.4) is 0 Å². The first-order valence-corrected chi connectivity index (χ1v) is 9.21. The number of hydrogen-bond acceptors (Lipinski definition) is 6. The molecule has 128 valence electrons. The molecule has 5 N–H and O–H groups in total. The third-order valence-electron chi connectivity index (χ3n) is 4.38. The molecule has 0 fully saturated rings. The maximum Gasteiger partial charge on any atom is 0.325 e. The van der Waals surface area contributed by atoms with Gasteiger partial charge in [-0.25, -0.2) is 15.0 Å². The number of nitrogens with zero attached hydrogens (tertiary/aromatic N) is 4. The van der Waals surface area contributed by atoms with E-state index in [1.54, 1.807) is 10.9 Å². The smallest absolute Gasteiger partial charge is 0.325 e. The number of nitrogen functional groups attached to an aromatic ring is 1. The van der Waals surface area contributed by atoms with E-state index in [9.17, 15) is 9.67 Å². The highest BCUT2D eigenvalue weighted by atomic mass is 31.2. The summed E-state index contributed by atoms with van der Waals surface area (Å²) in [5, 5.41) is 10.7. The van der Waals surface area contributed by atoms with E-state index in [1.807, 2.05) is 13.8 Å². The maximum atomic E-state index is 11.1. The molecule has 0 amide bonds. The summed E-state index contributed by atoms with van der Waals surface area (Å²) in [5.41, 5.74) is 5.96. The fourth-order valence-electron chi connectivity index (χ4n) is 2.96. The van der Waals surface area contributed by atoms with E-state index in [0.29, 0.717) is 24.0 Å². The van der Waals surface area contributed by atoms with E-state index in [4.69, 9.17) is 15.5 Å². The Labute approximate surface area is 133 Å². The molecule has 0 saturated heterocycles. The number of aromatic nitrogens is 4. The average molecular weight is 343 g/mol. The standard InChI is InChI=1S/C13H22N5O4P/c1-3-13(4-2,9(19)5-6-23(20,21)22)18-8-17-10-11(14)15-7-16-12(10)18/h7-9,19H,3-6H2,1-2H3,(H2,14,15,16)(H2,20,21,22)/t9-/m1/s1. The third-order valence-corrected chi connectivity index (χ3v) is 5.22. The van der Waals surface area contributed by atoms with E-state index in [0.717, 1.165) is 0 Å². The Morgan fingerprint density at radius 2 is 1.96 bits per heavy atom. The summed E-state index contributed by atoms with van der Waals surface area (Å²) in [4.78, 5) is 30.4. The van der Waals surface area contributed by atoms with E-state index < -0.39 is 19.2 Å². The fourth-order valence-corrected chi connectivity index (χ4v) is 3.54. The van der Waals surface area contributed by atoms with Crippen LogP contribution in [0.5, 0.6) is 0 Å². The van der Waals surface area contributed by atoms with Crippen LogP contribution in [-0.4, -0.2) is 46.7 Å². The van der Waals surface area contributed by atoms with Gasteiger partial charge in [-0.15, -0.1) is 0 Å². The molecule has 23 heavy (non-hydrogen) atoms. The molecule has 10 heteroatoms. The van der Waals surface area contributed by atoms with Crippen LogP contribution in [0.25, 0.3) is 11.2 Å². The van der Waals surface area contributed by atoms with Crippen molar-refractivity contribution in [2.45, 2.75) is 44.8 Å². The van der Waals surface area contributed by atoms with Gasteiger partial charge in [-0.3, -0.25) is 4.57 Å². The van der Waals surface area contributed by atoms with Gasteiger partial charge in [-0.2, -0.15) is 0 Å². The summed E-state index contributed by atoms with van der Waals surface area (Å²) in [6.07, 6.45) is 2.60. The van der Waals surface area contributed by atoms with Crippen molar-refractivity contribution in [2.75, 3.05) is 11.9 Å². The van der Waals surface area contributed by atoms with Gasteiger partial charge in [0, 0.05) is 0 Å². The normalized spacial score (nSPS) is 14.3. The van der Waals surface area contributed by atoms with Gasteiger partial charge in [-0.05, 0) is 19.3 Å². The van der Waals surface area contributed by atoms with E-state index >= 15 is 0 Å².